The van der Waals surface area contributed by atoms with Gasteiger partial charge >= 0.3 is 11.8 Å². The van der Waals surface area contributed by atoms with Gasteiger partial charge in [0, 0.05) is 38.1 Å². The Kier molecular flexibility index (Phi) is 5.61. The second-order valence-corrected chi connectivity index (χ2v) is 6.66. The van der Waals surface area contributed by atoms with Crippen LogP contribution < -0.4 is 15.5 Å². The Labute approximate surface area is 142 Å². The van der Waals surface area contributed by atoms with Gasteiger partial charge in [-0.25, -0.2) is 4.98 Å². The first kappa shape index (κ1) is 16.7. The molecule has 0 aromatic carbocycles. The monoisotopic (exact) mass is 331 g/mol. The predicted molar refractivity (Wildman–Crippen MR) is 90.4 cm³/mol. The van der Waals surface area contributed by atoms with E-state index < -0.39 is 11.8 Å². The van der Waals surface area contributed by atoms with Crippen molar-refractivity contribution in [1.29, 1.82) is 0 Å². The third-order valence-electron chi connectivity index (χ3n) is 4.94. The van der Waals surface area contributed by atoms with E-state index in [9.17, 15) is 9.59 Å². The molecule has 2 aliphatic rings. The Bertz CT molecular complexity index is 551. The first-order valence-corrected chi connectivity index (χ1v) is 8.82. The van der Waals surface area contributed by atoms with E-state index >= 15 is 0 Å². The van der Waals surface area contributed by atoms with E-state index in [1.807, 2.05) is 0 Å². The summed E-state index contributed by atoms with van der Waals surface area (Å²) in [6.45, 7) is 2.35. The first-order chi connectivity index (χ1) is 11.7. The first-order valence-electron chi connectivity index (χ1n) is 8.82. The fourth-order valence-electron chi connectivity index (χ4n) is 3.46. The SMILES string of the molecule is O=C(NCC1CCN(c2cnccn2)CC1)C(=O)NC1CCCC1. The van der Waals surface area contributed by atoms with Gasteiger partial charge in [0.15, 0.2) is 0 Å². The maximum atomic E-state index is 11.9. The molecule has 7 heteroatoms. The average Bonchev–Trinajstić information content (AvgIpc) is 3.14. The maximum absolute atomic E-state index is 11.9. The number of nitrogens with zero attached hydrogens (tertiary/aromatic N) is 3. The topological polar surface area (TPSA) is 87.2 Å². The summed E-state index contributed by atoms with van der Waals surface area (Å²) in [4.78, 5) is 34.4. The minimum atomic E-state index is -0.502. The van der Waals surface area contributed by atoms with Crippen LogP contribution in [-0.2, 0) is 9.59 Å². The van der Waals surface area contributed by atoms with Gasteiger partial charge in [-0.15, -0.1) is 0 Å². The van der Waals surface area contributed by atoms with Crippen LogP contribution in [0, 0.1) is 5.92 Å². The van der Waals surface area contributed by atoms with Crippen LogP contribution in [0.5, 0.6) is 0 Å². The van der Waals surface area contributed by atoms with Gasteiger partial charge in [-0.05, 0) is 31.6 Å². The third kappa shape index (κ3) is 4.43. The molecule has 2 heterocycles. The molecule has 1 saturated carbocycles. The Morgan fingerprint density at radius 3 is 2.50 bits per heavy atom. The lowest BCUT2D eigenvalue weighted by Gasteiger charge is -2.32. The van der Waals surface area contributed by atoms with Crippen LogP contribution in [0.3, 0.4) is 0 Å². The molecule has 130 valence electrons. The van der Waals surface area contributed by atoms with Crippen LogP contribution in [0.15, 0.2) is 18.6 Å². The van der Waals surface area contributed by atoms with E-state index in [2.05, 4.69) is 25.5 Å². The molecule has 7 nitrogen and oxygen atoms in total. The van der Waals surface area contributed by atoms with Crippen LogP contribution in [0.25, 0.3) is 0 Å². The van der Waals surface area contributed by atoms with Crippen molar-refractivity contribution in [3.05, 3.63) is 18.6 Å². The zero-order valence-corrected chi connectivity index (χ0v) is 13.9. The standard InChI is InChI=1S/C17H25N5O2/c23-16(17(24)21-14-3-1-2-4-14)20-11-13-5-9-22(10-6-13)15-12-18-7-8-19-15/h7-8,12-14H,1-6,9-11H2,(H,20,23)(H,21,24). The van der Waals surface area contributed by atoms with E-state index in [1.54, 1.807) is 18.6 Å². The summed E-state index contributed by atoms with van der Waals surface area (Å²) in [5.74, 6) is 0.314. The molecule has 2 fully saturated rings. The quantitative estimate of drug-likeness (QED) is 0.800. The van der Waals surface area contributed by atoms with Gasteiger partial charge in [-0.3, -0.25) is 14.6 Å². The molecule has 24 heavy (non-hydrogen) atoms. The van der Waals surface area contributed by atoms with Crippen molar-refractivity contribution in [3.63, 3.8) is 0 Å². The molecule has 0 bridgehead atoms. The number of piperidine rings is 1. The maximum Gasteiger partial charge on any atom is 0.309 e. The second-order valence-electron chi connectivity index (χ2n) is 6.66. The minimum Gasteiger partial charge on any atom is -0.355 e. The largest absolute Gasteiger partial charge is 0.355 e. The van der Waals surface area contributed by atoms with Gasteiger partial charge in [-0.2, -0.15) is 0 Å². The van der Waals surface area contributed by atoms with E-state index in [4.69, 9.17) is 0 Å². The molecule has 3 rings (SSSR count). The van der Waals surface area contributed by atoms with Gasteiger partial charge in [0.2, 0.25) is 0 Å². The number of amides is 2. The van der Waals surface area contributed by atoms with Crippen molar-refractivity contribution in [2.45, 2.75) is 44.6 Å². The molecule has 0 spiro atoms. The highest BCUT2D eigenvalue weighted by Crippen LogP contribution is 2.20. The number of hydrogen-bond donors (Lipinski definition) is 2. The zero-order valence-electron chi connectivity index (χ0n) is 13.9. The molecule has 1 aliphatic carbocycles. The molecular formula is C17H25N5O2. The van der Waals surface area contributed by atoms with Gasteiger partial charge in [0.25, 0.3) is 0 Å². The lowest BCUT2D eigenvalue weighted by atomic mass is 9.97. The smallest absolute Gasteiger partial charge is 0.309 e. The van der Waals surface area contributed by atoms with Gasteiger partial charge in [0.1, 0.15) is 5.82 Å². The Hall–Kier alpha value is -2.18. The average molecular weight is 331 g/mol. The highest BCUT2D eigenvalue weighted by molar-refractivity contribution is 6.35. The Morgan fingerprint density at radius 2 is 1.83 bits per heavy atom. The number of rotatable bonds is 4. The van der Waals surface area contributed by atoms with E-state index in [0.717, 1.165) is 57.4 Å². The highest BCUT2D eigenvalue weighted by Gasteiger charge is 2.24. The number of nitrogens with one attached hydrogen (secondary N) is 2. The number of carbonyl (C=O) groups excluding carboxylic acids is 2. The molecule has 1 aromatic rings. The molecule has 0 unspecified atom stereocenters. The van der Waals surface area contributed by atoms with Crippen molar-refractivity contribution in [2.75, 3.05) is 24.5 Å². The summed E-state index contributed by atoms with van der Waals surface area (Å²) in [7, 11) is 0. The molecule has 0 atom stereocenters. The zero-order chi connectivity index (χ0) is 16.8. The molecule has 0 radical (unpaired) electrons. The van der Waals surface area contributed by atoms with Gasteiger partial charge in [-0.1, -0.05) is 12.8 Å². The molecule has 1 aliphatic heterocycles. The fourth-order valence-corrected chi connectivity index (χ4v) is 3.46. The highest BCUT2D eigenvalue weighted by atomic mass is 16.2. The van der Waals surface area contributed by atoms with Crippen molar-refractivity contribution < 1.29 is 9.59 Å². The lowest BCUT2D eigenvalue weighted by Crippen LogP contribution is -2.46. The predicted octanol–water partition coefficient (Wildman–Crippen LogP) is 0.868. The summed E-state index contributed by atoms with van der Waals surface area (Å²) >= 11 is 0. The summed E-state index contributed by atoms with van der Waals surface area (Å²) in [6.07, 6.45) is 11.3. The van der Waals surface area contributed by atoms with Crippen molar-refractivity contribution in [3.8, 4) is 0 Å². The van der Waals surface area contributed by atoms with Crippen LogP contribution in [0.4, 0.5) is 5.82 Å². The van der Waals surface area contributed by atoms with Crippen molar-refractivity contribution in [1.82, 2.24) is 20.6 Å². The normalized spacial score (nSPS) is 19.2. The van der Waals surface area contributed by atoms with E-state index in [-0.39, 0.29) is 6.04 Å². The molecule has 1 saturated heterocycles. The van der Waals surface area contributed by atoms with Gasteiger partial charge < -0.3 is 15.5 Å². The van der Waals surface area contributed by atoms with Crippen molar-refractivity contribution in [2.24, 2.45) is 5.92 Å². The molecule has 2 N–H and O–H groups in total. The Balaban J connectivity index is 1.37. The fraction of sp³-hybridized carbons (Fsp3) is 0.647. The summed E-state index contributed by atoms with van der Waals surface area (Å²) in [5, 5.41) is 5.60. The minimum absolute atomic E-state index is 0.179. The summed E-state index contributed by atoms with van der Waals surface area (Å²) < 4.78 is 0. The van der Waals surface area contributed by atoms with Crippen LogP contribution in [0.2, 0.25) is 0 Å². The molecule has 1 aromatic heterocycles. The van der Waals surface area contributed by atoms with E-state index in [0.29, 0.717) is 12.5 Å². The number of anilines is 1. The lowest BCUT2D eigenvalue weighted by molar-refractivity contribution is -0.139. The molecular weight excluding hydrogens is 306 g/mol. The summed E-state index contributed by atoms with van der Waals surface area (Å²) in [6, 6.07) is 0.179. The van der Waals surface area contributed by atoms with Crippen LogP contribution in [-0.4, -0.2) is 47.5 Å². The van der Waals surface area contributed by atoms with E-state index in [1.165, 1.54) is 0 Å². The second kappa shape index (κ2) is 8.08. The molecule has 2 amide bonds. The number of carbonyl (C=O) groups is 2. The summed E-state index contributed by atoms with van der Waals surface area (Å²) in [5.41, 5.74) is 0. The van der Waals surface area contributed by atoms with Crippen molar-refractivity contribution >= 4 is 17.6 Å². The third-order valence-corrected chi connectivity index (χ3v) is 4.94. The number of hydrogen-bond acceptors (Lipinski definition) is 5. The van der Waals surface area contributed by atoms with Crippen LogP contribution >= 0.6 is 0 Å². The van der Waals surface area contributed by atoms with Gasteiger partial charge in [0.05, 0.1) is 6.20 Å². The Morgan fingerprint density at radius 1 is 1.08 bits per heavy atom. The number of aromatic nitrogens is 2. The van der Waals surface area contributed by atoms with Crippen LogP contribution in [0.1, 0.15) is 38.5 Å².